The van der Waals surface area contributed by atoms with Crippen LogP contribution in [0.5, 0.6) is 0 Å². The van der Waals surface area contributed by atoms with Crippen molar-refractivity contribution >= 4 is 11.9 Å². The lowest BCUT2D eigenvalue weighted by Crippen LogP contribution is -2.42. The van der Waals surface area contributed by atoms with Crippen LogP contribution >= 0.6 is 0 Å². The first-order valence-electron chi connectivity index (χ1n) is 4.01. The van der Waals surface area contributed by atoms with Crippen LogP contribution in [-0.4, -0.2) is 23.9 Å². The normalized spacial score (nSPS) is 11.4. The third-order valence-corrected chi connectivity index (χ3v) is 1.68. The molecule has 1 aromatic rings. The van der Waals surface area contributed by atoms with Crippen LogP contribution in [0.3, 0.4) is 0 Å². The lowest BCUT2D eigenvalue weighted by Gasteiger charge is -2.14. The molecule has 0 aliphatic rings. The molecule has 0 aliphatic heterocycles. The van der Waals surface area contributed by atoms with E-state index < -0.39 is 0 Å². The molecular formula is C8H13N5O. The number of aliphatic imine (C=N–C) groups is 1. The minimum atomic E-state index is -0.148. The topological polar surface area (TPSA) is 105 Å². The molecule has 76 valence electrons. The van der Waals surface area contributed by atoms with E-state index in [2.05, 4.69) is 4.99 Å². The van der Waals surface area contributed by atoms with Gasteiger partial charge in [-0.05, 0) is 12.1 Å². The molecule has 1 aromatic heterocycles. The van der Waals surface area contributed by atoms with Gasteiger partial charge < -0.3 is 15.9 Å². The Labute approximate surface area is 81.7 Å². The van der Waals surface area contributed by atoms with Crippen LogP contribution in [0.2, 0.25) is 0 Å². The smallest absolute Gasteiger partial charge is 0.198 e. The second-order valence-electron chi connectivity index (χ2n) is 2.70. The van der Waals surface area contributed by atoms with Crippen LogP contribution in [0, 0.1) is 5.41 Å². The molecule has 0 atom stereocenters. The fraction of sp³-hybridized carbons (Fsp3) is 0.250. The summed E-state index contributed by atoms with van der Waals surface area (Å²) >= 11 is 0. The van der Waals surface area contributed by atoms with Crippen molar-refractivity contribution in [1.29, 1.82) is 5.41 Å². The summed E-state index contributed by atoms with van der Waals surface area (Å²) in [6.45, 7) is 0.344. The highest BCUT2D eigenvalue weighted by Crippen LogP contribution is 2.01. The molecule has 14 heavy (non-hydrogen) atoms. The molecule has 0 aromatic carbocycles. The Morgan fingerprint density at radius 2 is 2.36 bits per heavy atom. The molecule has 1 rings (SSSR count). The number of rotatable bonds is 2. The first kappa shape index (κ1) is 10.1. The summed E-state index contributed by atoms with van der Waals surface area (Å²) in [5.41, 5.74) is 10.8. The van der Waals surface area contributed by atoms with Gasteiger partial charge in [0.25, 0.3) is 0 Å². The zero-order valence-corrected chi connectivity index (χ0v) is 7.90. The lowest BCUT2D eigenvalue weighted by molar-refractivity contribution is 0.511. The van der Waals surface area contributed by atoms with E-state index in [4.69, 9.17) is 21.3 Å². The molecule has 0 aliphatic carbocycles. The average Bonchev–Trinajstić information content (AvgIpc) is 2.65. The van der Waals surface area contributed by atoms with Gasteiger partial charge in [0.15, 0.2) is 11.9 Å². The zero-order chi connectivity index (χ0) is 10.6. The summed E-state index contributed by atoms with van der Waals surface area (Å²) in [5.74, 6) is 0.754. The predicted molar refractivity (Wildman–Crippen MR) is 53.7 cm³/mol. The third-order valence-electron chi connectivity index (χ3n) is 1.68. The van der Waals surface area contributed by atoms with Gasteiger partial charge in [-0.25, -0.2) is 4.99 Å². The van der Waals surface area contributed by atoms with Crippen LogP contribution in [0.15, 0.2) is 27.8 Å². The summed E-state index contributed by atoms with van der Waals surface area (Å²) in [6, 6.07) is 3.57. The Bertz CT molecular complexity index is 330. The summed E-state index contributed by atoms with van der Waals surface area (Å²) in [4.78, 5) is 5.27. The van der Waals surface area contributed by atoms with E-state index in [0.717, 1.165) is 0 Å². The second kappa shape index (κ2) is 4.31. The third kappa shape index (κ3) is 2.51. The lowest BCUT2D eigenvalue weighted by atomic mass is 10.4. The summed E-state index contributed by atoms with van der Waals surface area (Å²) in [5, 5.41) is 7.10. The van der Waals surface area contributed by atoms with Crippen molar-refractivity contribution in [3.8, 4) is 0 Å². The van der Waals surface area contributed by atoms with Gasteiger partial charge >= 0.3 is 0 Å². The molecule has 0 fully saturated rings. The molecule has 6 heteroatoms. The molecule has 0 spiro atoms. The van der Waals surface area contributed by atoms with Gasteiger partial charge in [-0.15, -0.1) is 0 Å². The largest absolute Gasteiger partial charge is 0.467 e. The second-order valence-corrected chi connectivity index (χ2v) is 2.70. The van der Waals surface area contributed by atoms with Crippen LogP contribution in [0.25, 0.3) is 0 Å². The molecular weight excluding hydrogens is 182 g/mol. The summed E-state index contributed by atoms with van der Waals surface area (Å²) in [6.07, 6.45) is 1.57. The van der Waals surface area contributed by atoms with E-state index in [9.17, 15) is 0 Å². The molecule has 0 saturated heterocycles. The van der Waals surface area contributed by atoms with E-state index in [-0.39, 0.29) is 11.9 Å². The molecule has 0 bridgehead atoms. The minimum Gasteiger partial charge on any atom is -0.467 e. The Hall–Kier alpha value is -1.98. The van der Waals surface area contributed by atoms with Gasteiger partial charge in [-0.1, -0.05) is 0 Å². The monoisotopic (exact) mass is 195 g/mol. The molecule has 5 N–H and O–H groups in total. The first-order valence-corrected chi connectivity index (χ1v) is 4.01. The highest BCUT2D eigenvalue weighted by atomic mass is 16.3. The zero-order valence-electron chi connectivity index (χ0n) is 7.90. The van der Waals surface area contributed by atoms with E-state index in [1.165, 1.54) is 4.90 Å². The maximum atomic E-state index is 7.10. The van der Waals surface area contributed by atoms with Gasteiger partial charge in [0, 0.05) is 7.05 Å². The van der Waals surface area contributed by atoms with Gasteiger partial charge in [0.1, 0.15) is 12.3 Å². The molecule has 0 saturated carbocycles. The maximum Gasteiger partial charge on any atom is 0.198 e. The Kier molecular flexibility index (Phi) is 3.11. The number of guanidine groups is 2. The van der Waals surface area contributed by atoms with Crippen molar-refractivity contribution in [2.75, 3.05) is 7.05 Å². The van der Waals surface area contributed by atoms with Crippen LogP contribution in [0.1, 0.15) is 5.76 Å². The van der Waals surface area contributed by atoms with Crippen molar-refractivity contribution in [2.45, 2.75) is 6.54 Å². The Morgan fingerprint density at radius 3 is 2.86 bits per heavy atom. The van der Waals surface area contributed by atoms with Crippen LogP contribution in [0.4, 0.5) is 0 Å². The van der Waals surface area contributed by atoms with Crippen molar-refractivity contribution in [1.82, 2.24) is 4.90 Å². The number of nitrogens with one attached hydrogen (secondary N) is 1. The minimum absolute atomic E-state index is 0.148. The summed E-state index contributed by atoms with van der Waals surface area (Å²) < 4.78 is 5.06. The summed E-state index contributed by atoms with van der Waals surface area (Å²) in [7, 11) is 1.57. The fourth-order valence-corrected chi connectivity index (χ4v) is 0.791. The highest BCUT2D eigenvalue weighted by molar-refractivity contribution is 5.95. The van der Waals surface area contributed by atoms with Gasteiger partial charge in [0.2, 0.25) is 0 Å². The van der Waals surface area contributed by atoms with Gasteiger partial charge in [-0.2, -0.15) is 0 Å². The number of hydrogen-bond donors (Lipinski definition) is 3. The maximum absolute atomic E-state index is 7.10. The van der Waals surface area contributed by atoms with E-state index >= 15 is 0 Å². The fourth-order valence-electron chi connectivity index (χ4n) is 0.791. The van der Waals surface area contributed by atoms with E-state index in [0.29, 0.717) is 12.3 Å². The Morgan fingerprint density at radius 1 is 1.64 bits per heavy atom. The van der Waals surface area contributed by atoms with Crippen LogP contribution < -0.4 is 11.5 Å². The quantitative estimate of drug-likeness (QED) is 0.453. The number of furan rings is 1. The van der Waals surface area contributed by atoms with Crippen molar-refractivity contribution in [2.24, 2.45) is 16.5 Å². The average molecular weight is 195 g/mol. The number of nitrogens with zero attached hydrogens (tertiary/aromatic N) is 2. The first-order chi connectivity index (χ1) is 6.61. The van der Waals surface area contributed by atoms with Crippen LogP contribution in [-0.2, 0) is 6.54 Å². The van der Waals surface area contributed by atoms with E-state index in [1.807, 2.05) is 0 Å². The molecule has 1 heterocycles. The van der Waals surface area contributed by atoms with Gasteiger partial charge in [0.05, 0.1) is 6.26 Å². The SMILES string of the molecule is CN(C(=N)N)C(N)=NCc1ccco1. The highest BCUT2D eigenvalue weighted by Gasteiger charge is 2.03. The molecule has 0 unspecified atom stereocenters. The van der Waals surface area contributed by atoms with Crippen molar-refractivity contribution in [3.05, 3.63) is 24.2 Å². The number of hydrogen-bond acceptors (Lipinski definition) is 3. The standard InChI is InChI=1S/C8H13N5O/c1-13(7(9)10)8(11)12-5-6-3-2-4-14-6/h2-4H,5H2,1H3,(H3,9,10)(H2,11,12). The predicted octanol–water partition coefficient (Wildman–Crippen LogP) is -0.0804. The molecule has 0 amide bonds. The van der Waals surface area contributed by atoms with Crippen molar-refractivity contribution < 1.29 is 4.42 Å². The number of nitrogens with two attached hydrogens (primary N) is 2. The van der Waals surface area contributed by atoms with E-state index in [1.54, 1.807) is 25.4 Å². The van der Waals surface area contributed by atoms with Crippen molar-refractivity contribution in [3.63, 3.8) is 0 Å². The van der Waals surface area contributed by atoms with Gasteiger partial charge in [-0.3, -0.25) is 10.3 Å². The molecule has 0 radical (unpaired) electrons. The molecule has 6 nitrogen and oxygen atoms in total. The Balaban J connectivity index is 2.56.